The molecule has 0 aromatic heterocycles. The van der Waals surface area contributed by atoms with Gasteiger partial charge in [0.2, 0.25) is 0 Å². The quantitative estimate of drug-likeness (QED) is 0.660. The summed E-state index contributed by atoms with van der Waals surface area (Å²) in [6.45, 7) is 6.49. The Morgan fingerprint density at radius 1 is 1.57 bits per heavy atom. The predicted octanol–water partition coefficient (Wildman–Crippen LogP) is 0.400. The van der Waals surface area contributed by atoms with Crippen LogP contribution in [-0.2, 0) is 11.4 Å². The zero-order valence-corrected chi connectivity index (χ0v) is 9.43. The summed E-state index contributed by atoms with van der Waals surface area (Å²) in [4.78, 5) is 11.7. The van der Waals surface area contributed by atoms with Gasteiger partial charge in [-0.05, 0) is 20.8 Å². The Bertz CT molecular complexity index is 223. The van der Waals surface area contributed by atoms with Gasteiger partial charge in [0.1, 0.15) is 4.75 Å². The molecule has 5 nitrogen and oxygen atoms in total. The van der Waals surface area contributed by atoms with Crippen molar-refractivity contribution in [3.63, 3.8) is 0 Å². The molecule has 1 aliphatic rings. The van der Waals surface area contributed by atoms with E-state index in [1.54, 1.807) is 0 Å². The Morgan fingerprint density at radius 3 is 2.43 bits per heavy atom. The highest BCUT2D eigenvalue weighted by Gasteiger charge is 2.36. The molecule has 14 heavy (non-hydrogen) atoms. The molecule has 1 fully saturated rings. The lowest BCUT2D eigenvalue weighted by Crippen LogP contribution is -2.62. The van der Waals surface area contributed by atoms with E-state index in [2.05, 4.69) is 4.72 Å². The molecule has 1 atom stereocenters. The average molecular weight is 220 g/mol. The summed E-state index contributed by atoms with van der Waals surface area (Å²) >= 11 is -1.11. The summed E-state index contributed by atoms with van der Waals surface area (Å²) in [5, 5.41) is 8.57. The number of nitrogens with zero attached hydrogens (tertiary/aromatic N) is 1. The largest absolute Gasteiger partial charge is 0.598 e. The van der Waals surface area contributed by atoms with Gasteiger partial charge in [-0.25, -0.2) is 4.79 Å². The molecule has 1 amide bonds. The molecule has 0 aliphatic carbocycles. The molecule has 1 aliphatic heterocycles. The first-order chi connectivity index (χ1) is 6.30. The van der Waals surface area contributed by atoms with Crippen molar-refractivity contribution in [1.82, 2.24) is 9.62 Å². The molecule has 0 aromatic rings. The monoisotopic (exact) mass is 220 g/mol. The summed E-state index contributed by atoms with van der Waals surface area (Å²) in [5.74, 6) is 0. The van der Waals surface area contributed by atoms with Gasteiger partial charge in [-0.15, -0.1) is 4.72 Å². The molecule has 0 saturated carbocycles. The molecule has 0 spiro atoms. The van der Waals surface area contributed by atoms with Crippen molar-refractivity contribution >= 4 is 17.5 Å². The Morgan fingerprint density at radius 2 is 2.07 bits per heavy atom. The zero-order chi connectivity index (χ0) is 10.9. The number of likely N-dealkylation sites (tertiary alicyclic amines) is 1. The molecule has 0 bridgehead atoms. The third kappa shape index (κ3) is 2.76. The van der Waals surface area contributed by atoms with E-state index in [1.807, 2.05) is 20.8 Å². The molecule has 0 radical (unpaired) electrons. The minimum Gasteiger partial charge on any atom is -0.598 e. The van der Waals surface area contributed by atoms with Gasteiger partial charge in [0.15, 0.2) is 0 Å². The predicted molar refractivity (Wildman–Crippen MR) is 54.4 cm³/mol. The second-order valence-corrected chi connectivity index (χ2v) is 6.38. The van der Waals surface area contributed by atoms with Crippen molar-refractivity contribution < 1.29 is 14.5 Å². The minimum atomic E-state index is -1.11. The number of carboxylic acid groups (broad SMARTS) is 1. The van der Waals surface area contributed by atoms with Crippen LogP contribution in [0.2, 0.25) is 0 Å². The fraction of sp³-hybridized carbons (Fsp3) is 0.875. The summed E-state index contributed by atoms with van der Waals surface area (Å²) in [6.07, 6.45) is -0.912. The second-order valence-electron chi connectivity index (χ2n) is 4.38. The topological polar surface area (TPSA) is 75.6 Å². The third-order valence-electron chi connectivity index (χ3n) is 1.98. The molecular formula is C8H16N2O3S. The molecule has 1 heterocycles. The van der Waals surface area contributed by atoms with Crippen LogP contribution in [-0.4, -0.2) is 44.5 Å². The number of carbonyl (C=O) groups is 1. The van der Waals surface area contributed by atoms with Crippen LogP contribution in [0, 0.1) is 0 Å². The summed E-state index contributed by atoms with van der Waals surface area (Å²) < 4.78 is 14.2. The number of amides is 1. The van der Waals surface area contributed by atoms with Gasteiger partial charge < -0.3 is 14.6 Å². The Labute approximate surface area is 86.8 Å². The lowest BCUT2D eigenvalue weighted by atomic mass is 10.1. The molecule has 1 unspecified atom stereocenters. The highest BCUT2D eigenvalue weighted by molar-refractivity contribution is 7.90. The smallest absolute Gasteiger partial charge is 0.407 e. The lowest BCUT2D eigenvalue weighted by molar-refractivity contribution is 0.102. The standard InChI is InChI=1S/C8H16N2O3S/c1-8(2,3)14(13)9-6-4-10(5-6)7(11)12/h6,9H,4-5H2,1-3H3,(H,11,12). The maximum Gasteiger partial charge on any atom is 0.407 e. The Hall–Kier alpha value is -0.460. The van der Waals surface area contributed by atoms with Gasteiger partial charge in [0.05, 0.1) is 6.04 Å². The molecule has 82 valence electrons. The van der Waals surface area contributed by atoms with Crippen LogP contribution in [0.4, 0.5) is 4.79 Å². The van der Waals surface area contributed by atoms with Crippen LogP contribution in [0.15, 0.2) is 0 Å². The molecule has 6 heteroatoms. The van der Waals surface area contributed by atoms with E-state index in [9.17, 15) is 9.35 Å². The Kier molecular flexibility index (Phi) is 3.28. The van der Waals surface area contributed by atoms with E-state index in [0.717, 1.165) is 0 Å². The van der Waals surface area contributed by atoms with Crippen molar-refractivity contribution in [2.45, 2.75) is 31.6 Å². The van der Waals surface area contributed by atoms with Gasteiger partial charge in [-0.2, -0.15) is 0 Å². The third-order valence-corrected chi connectivity index (χ3v) is 3.64. The van der Waals surface area contributed by atoms with Gasteiger partial charge in [0, 0.05) is 24.5 Å². The second kappa shape index (κ2) is 3.96. The maximum absolute atomic E-state index is 11.6. The van der Waals surface area contributed by atoms with Crippen LogP contribution in [0.25, 0.3) is 0 Å². The highest BCUT2D eigenvalue weighted by atomic mass is 32.2. The maximum atomic E-state index is 11.6. The van der Waals surface area contributed by atoms with E-state index in [0.29, 0.717) is 13.1 Å². The first-order valence-electron chi connectivity index (χ1n) is 4.46. The summed E-state index contributed by atoms with van der Waals surface area (Å²) in [7, 11) is 0. The molecular weight excluding hydrogens is 204 g/mol. The number of hydrogen-bond acceptors (Lipinski definition) is 3. The molecule has 1 saturated heterocycles. The Balaban J connectivity index is 2.26. The summed E-state index contributed by atoms with van der Waals surface area (Å²) in [6, 6.07) is 0.0335. The van der Waals surface area contributed by atoms with Crippen molar-refractivity contribution in [2.24, 2.45) is 0 Å². The minimum absolute atomic E-state index is 0.0335. The van der Waals surface area contributed by atoms with E-state index in [1.165, 1.54) is 4.90 Å². The van der Waals surface area contributed by atoms with Gasteiger partial charge >= 0.3 is 6.09 Å². The number of hydrogen-bond donors (Lipinski definition) is 2. The van der Waals surface area contributed by atoms with Crippen molar-refractivity contribution in [3.8, 4) is 0 Å². The first kappa shape index (κ1) is 11.6. The fourth-order valence-corrected chi connectivity index (χ4v) is 1.84. The van der Waals surface area contributed by atoms with Crippen molar-refractivity contribution in [1.29, 1.82) is 0 Å². The van der Waals surface area contributed by atoms with E-state index in [4.69, 9.17) is 5.11 Å². The van der Waals surface area contributed by atoms with Crippen molar-refractivity contribution in [3.05, 3.63) is 0 Å². The zero-order valence-electron chi connectivity index (χ0n) is 8.61. The lowest BCUT2D eigenvalue weighted by Gasteiger charge is -2.38. The van der Waals surface area contributed by atoms with Gasteiger partial charge in [-0.3, -0.25) is 0 Å². The van der Waals surface area contributed by atoms with E-state index >= 15 is 0 Å². The van der Waals surface area contributed by atoms with Crippen LogP contribution < -0.4 is 4.72 Å². The van der Waals surface area contributed by atoms with Crippen LogP contribution >= 0.6 is 0 Å². The molecule has 0 aromatic carbocycles. The normalized spacial score (nSPS) is 20.4. The van der Waals surface area contributed by atoms with Crippen molar-refractivity contribution in [2.75, 3.05) is 13.1 Å². The van der Waals surface area contributed by atoms with E-state index in [-0.39, 0.29) is 10.8 Å². The highest BCUT2D eigenvalue weighted by Crippen LogP contribution is 2.16. The van der Waals surface area contributed by atoms with Crippen LogP contribution in [0.5, 0.6) is 0 Å². The first-order valence-corrected chi connectivity index (χ1v) is 5.61. The van der Waals surface area contributed by atoms with Gasteiger partial charge in [-0.1, -0.05) is 0 Å². The van der Waals surface area contributed by atoms with E-state index < -0.39 is 17.5 Å². The molecule has 2 N–H and O–H groups in total. The average Bonchev–Trinajstić information content (AvgIpc) is 1.92. The fourth-order valence-electron chi connectivity index (χ4n) is 1.04. The van der Waals surface area contributed by atoms with Crippen LogP contribution in [0.1, 0.15) is 20.8 Å². The summed E-state index contributed by atoms with van der Waals surface area (Å²) in [5.41, 5.74) is 0. The van der Waals surface area contributed by atoms with Crippen LogP contribution in [0.3, 0.4) is 0 Å². The van der Waals surface area contributed by atoms with Gasteiger partial charge in [0.25, 0.3) is 0 Å². The number of rotatable bonds is 2. The number of nitrogens with one attached hydrogen (secondary N) is 1. The molecule has 1 rings (SSSR count). The SMILES string of the molecule is CC(C)(C)[S+]([O-])NC1CN(C(=O)O)C1.